The first-order valence-electron chi connectivity index (χ1n) is 5.10. The zero-order chi connectivity index (χ0) is 11.8. The molecule has 1 rings (SSSR count). The summed E-state index contributed by atoms with van der Waals surface area (Å²) in [5.74, 6) is 0.945. The molecule has 1 heterocycles. The number of aliphatic imine (C=N–C) groups is 1. The molecule has 0 aromatic carbocycles. The van der Waals surface area contributed by atoms with Crippen LogP contribution in [0.3, 0.4) is 0 Å². The van der Waals surface area contributed by atoms with Crippen molar-refractivity contribution in [3.05, 3.63) is 0 Å². The fourth-order valence-electron chi connectivity index (χ4n) is 0.976. The van der Waals surface area contributed by atoms with Crippen molar-refractivity contribution < 1.29 is 9.59 Å². The molecule has 0 radical (unpaired) electrons. The molecule has 0 aliphatic carbocycles. The lowest BCUT2D eigenvalue weighted by molar-refractivity contribution is -0.117. The van der Waals surface area contributed by atoms with Crippen LogP contribution in [0.5, 0.6) is 0 Å². The average molecular weight is 261 g/mol. The Bertz CT molecular complexity index is 294. The Kier molecular flexibility index (Phi) is 6.32. The number of nitrogens with one attached hydrogen (secondary N) is 2. The summed E-state index contributed by atoms with van der Waals surface area (Å²) in [6.07, 6.45) is 0.851. The van der Waals surface area contributed by atoms with Gasteiger partial charge in [0.1, 0.15) is 4.38 Å². The normalized spacial score (nSPS) is 14.4. The van der Waals surface area contributed by atoms with Crippen LogP contribution in [-0.4, -0.2) is 40.9 Å². The molecular weight excluding hydrogens is 246 g/mol. The summed E-state index contributed by atoms with van der Waals surface area (Å²) < 4.78 is 0.934. The van der Waals surface area contributed by atoms with Gasteiger partial charge in [-0.25, -0.2) is 4.79 Å². The van der Waals surface area contributed by atoms with Gasteiger partial charge in [0.2, 0.25) is 5.91 Å². The standard InChI is InChI=1S/C9H15N3O2S2/c1-2-3-10-8(14)12-7(13)6-16-9-11-4-5-15-9/h2-6H2,1H3,(H2,10,12,13,14). The highest BCUT2D eigenvalue weighted by atomic mass is 32.2. The molecule has 0 spiro atoms. The van der Waals surface area contributed by atoms with Gasteiger partial charge >= 0.3 is 6.03 Å². The van der Waals surface area contributed by atoms with Crippen molar-refractivity contribution in [3.8, 4) is 0 Å². The number of thioether (sulfide) groups is 2. The number of nitrogens with zero attached hydrogens (tertiary/aromatic N) is 1. The van der Waals surface area contributed by atoms with Gasteiger partial charge in [0.05, 0.1) is 12.3 Å². The zero-order valence-corrected chi connectivity index (χ0v) is 10.7. The maximum absolute atomic E-state index is 11.3. The third-order valence-corrected chi connectivity index (χ3v) is 3.93. The van der Waals surface area contributed by atoms with Crippen molar-refractivity contribution in [2.45, 2.75) is 13.3 Å². The summed E-state index contributed by atoms with van der Waals surface area (Å²) in [5.41, 5.74) is 0. The molecule has 5 nitrogen and oxygen atoms in total. The molecule has 7 heteroatoms. The molecule has 2 N–H and O–H groups in total. The van der Waals surface area contributed by atoms with Gasteiger partial charge in [-0.3, -0.25) is 15.1 Å². The van der Waals surface area contributed by atoms with Gasteiger partial charge in [-0.2, -0.15) is 0 Å². The summed E-state index contributed by atoms with van der Waals surface area (Å²) in [4.78, 5) is 26.6. The van der Waals surface area contributed by atoms with E-state index in [0.717, 1.165) is 23.1 Å². The highest BCUT2D eigenvalue weighted by molar-refractivity contribution is 8.39. The van der Waals surface area contributed by atoms with Crippen molar-refractivity contribution in [1.82, 2.24) is 10.6 Å². The topological polar surface area (TPSA) is 70.6 Å². The molecule has 0 unspecified atom stereocenters. The Balaban J connectivity index is 2.12. The summed E-state index contributed by atoms with van der Waals surface area (Å²) in [6.45, 7) is 3.35. The molecule has 1 aliphatic heterocycles. The van der Waals surface area contributed by atoms with Crippen molar-refractivity contribution in [1.29, 1.82) is 0 Å². The van der Waals surface area contributed by atoms with E-state index >= 15 is 0 Å². The fourth-order valence-corrected chi connectivity index (χ4v) is 2.78. The SMILES string of the molecule is CCCNC(=O)NC(=O)CSC1=NCCS1. The maximum Gasteiger partial charge on any atom is 0.321 e. The monoisotopic (exact) mass is 261 g/mol. The quantitative estimate of drug-likeness (QED) is 0.794. The molecular formula is C9H15N3O2S2. The first kappa shape index (κ1) is 13.4. The van der Waals surface area contributed by atoms with E-state index in [1.807, 2.05) is 6.92 Å². The lowest BCUT2D eigenvalue weighted by Crippen LogP contribution is -2.40. The lowest BCUT2D eigenvalue weighted by atomic mass is 10.5. The highest BCUT2D eigenvalue weighted by Crippen LogP contribution is 2.21. The Labute approximate surface area is 103 Å². The Morgan fingerprint density at radius 1 is 1.56 bits per heavy atom. The Hall–Kier alpha value is -0.690. The van der Waals surface area contributed by atoms with E-state index in [4.69, 9.17) is 0 Å². The van der Waals surface area contributed by atoms with Gasteiger partial charge in [0.15, 0.2) is 0 Å². The van der Waals surface area contributed by atoms with Crippen LogP contribution >= 0.6 is 23.5 Å². The number of urea groups is 1. The molecule has 0 saturated heterocycles. The van der Waals surface area contributed by atoms with Crippen LogP contribution in [-0.2, 0) is 4.79 Å². The molecule has 0 aromatic rings. The van der Waals surface area contributed by atoms with Crippen molar-refractivity contribution >= 4 is 39.8 Å². The maximum atomic E-state index is 11.3. The molecule has 0 bridgehead atoms. The summed E-state index contributed by atoms with van der Waals surface area (Å²) >= 11 is 3.03. The number of imide groups is 1. The number of amides is 3. The van der Waals surface area contributed by atoms with E-state index in [2.05, 4.69) is 15.6 Å². The minimum absolute atomic E-state index is 0.241. The Morgan fingerprint density at radius 3 is 3.00 bits per heavy atom. The van der Waals surface area contributed by atoms with Crippen molar-refractivity contribution in [2.75, 3.05) is 24.6 Å². The van der Waals surface area contributed by atoms with Crippen molar-refractivity contribution in [2.24, 2.45) is 4.99 Å². The lowest BCUT2D eigenvalue weighted by Gasteiger charge is -2.04. The second-order valence-corrected chi connectivity index (χ2v) is 5.39. The first-order valence-corrected chi connectivity index (χ1v) is 7.07. The molecule has 0 saturated carbocycles. The predicted octanol–water partition coefficient (Wildman–Crippen LogP) is 1.06. The van der Waals surface area contributed by atoms with E-state index in [9.17, 15) is 9.59 Å². The fraction of sp³-hybridized carbons (Fsp3) is 0.667. The highest BCUT2D eigenvalue weighted by Gasteiger charge is 2.12. The van der Waals surface area contributed by atoms with Crippen LogP contribution in [0.4, 0.5) is 4.79 Å². The van der Waals surface area contributed by atoms with Crippen LogP contribution in [0.2, 0.25) is 0 Å². The van der Waals surface area contributed by atoms with E-state index in [-0.39, 0.29) is 11.7 Å². The van der Waals surface area contributed by atoms with E-state index in [1.54, 1.807) is 11.8 Å². The number of hydrogen-bond acceptors (Lipinski definition) is 5. The summed E-state index contributed by atoms with van der Waals surface area (Å²) in [5, 5.41) is 4.84. The largest absolute Gasteiger partial charge is 0.338 e. The molecule has 0 aromatic heterocycles. The van der Waals surface area contributed by atoms with E-state index in [1.165, 1.54) is 11.8 Å². The number of carbonyl (C=O) groups is 2. The van der Waals surface area contributed by atoms with Gasteiger partial charge in [0.25, 0.3) is 0 Å². The zero-order valence-electron chi connectivity index (χ0n) is 9.12. The Morgan fingerprint density at radius 2 is 2.38 bits per heavy atom. The second-order valence-electron chi connectivity index (χ2n) is 3.09. The van der Waals surface area contributed by atoms with Crippen LogP contribution in [0.25, 0.3) is 0 Å². The van der Waals surface area contributed by atoms with Crippen LogP contribution in [0, 0.1) is 0 Å². The minimum Gasteiger partial charge on any atom is -0.338 e. The minimum atomic E-state index is -0.423. The number of carbonyl (C=O) groups excluding carboxylic acids is 2. The van der Waals surface area contributed by atoms with E-state index in [0.29, 0.717) is 6.54 Å². The average Bonchev–Trinajstić information content (AvgIpc) is 2.76. The van der Waals surface area contributed by atoms with Gasteiger partial charge in [-0.05, 0) is 6.42 Å². The van der Waals surface area contributed by atoms with Gasteiger partial charge in [-0.1, -0.05) is 30.4 Å². The second kappa shape index (κ2) is 7.56. The van der Waals surface area contributed by atoms with Gasteiger partial charge in [0, 0.05) is 12.3 Å². The molecule has 3 amide bonds. The van der Waals surface area contributed by atoms with Crippen molar-refractivity contribution in [3.63, 3.8) is 0 Å². The van der Waals surface area contributed by atoms with Gasteiger partial charge in [-0.15, -0.1) is 0 Å². The molecule has 1 aliphatic rings. The van der Waals surface area contributed by atoms with Crippen LogP contribution in [0.1, 0.15) is 13.3 Å². The van der Waals surface area contributed by atoms with Gasteiger partial charge < -0.3 is 5.32 Å². The molecule has 0 atom stereocenters. The first-order chi connectivity index (χ1) is 7.72. The molecule has 0 fully saturated rings. The third kappa shape index (κ3) is 5.41. The van der Waals surface area contributed by atoms with Crippen LogP contribution < -0.4 is 10.6 Å². The van der Waals surface area contributed by atoms with E-state index < -0.39 is 6.03 Å². The predicted molar refractivity (Wildman–Crippen MR) is 69.1 cm³/mol. The number of hydrogen-bond donors (Lipinski definition) is 2. The number of rotatable bonds is 4. The van der Waals surface area contributed by atoms with Crippen LogP contribution in [0.15, 0.2) is 4.99 Å². The summed E-state index contributed by atoms with van der Waals surface area (Å²) in [6, 6.07) is -0.423. The molecule has 90 valence electrons. The summed E-state index contributed by atoms with van der Waals surface area (Å²) in [7, 11) is 0. The molecule has 16 heavy (non-hydrogen) atoms. The third-order valence-electron chi connectivity index (χ3n) is 1.67. The smallest absolute Gasteiger partial charge is 0.321 e.